The lowest BCUT2D eigenvalue weighted by Crippen LogP contribution is -2.30. The summed E-state index contributed by atoms with van der Waals surface area (Å²) in [5, 5.41) is 11.4. The van der Waals surface area contributed by atoms with Crippen molar-refractivity contribution in [1.29, 1.82) is 0 Å². The summed E-state index contributed by atoms with van der Waals surface area (Å²) in [6.07, 6.45) is 4.38. The SMILES string of the molecule is CN(CCNC1CC1)c1cccnn1. The van der Waals surface area contributed by atoms with Crippen LogP contribution < -0.4 is 10.2 Å². The molecule has 0 unspecified atom stereocenters. The zero-order valence-corrected chi connectivity index (χ0v) is 8.48. The van der Waals surface area contributed by atoms with Gasteiger partial charge in [-0.1, -0.05) is 0 Å². The molecule has 0 aliphatic heterocycles. The first-order valence-electron chi connectivity index (χ1n) is 5.08. The maximum absolute atomic E-state index is 4.04. The average Bonchev–Trinajstić information content (AvgIpc) is 3.03. The Bertz CT molecular complexity index is 271. The second-order valence-corrected chi connectivity index (χ2v) is 3.73. The molecule has 0 radical (unpaired) electrons. The van der Waals surface area contributed by atoms with Gasteiger partial charge in [0.05, 0.1) is 0 Å². The minimum atomic E-state index is 0.783. The first-order valence-corrected chi connectivity index (χ1v) is 5.08. The van der Waals surface area contributed by atoms with Crippen LogP contribution in [0.15, 0.2) is 18.3 Å². The van der Waals surface area contributed by atoms with Crippen LogP contribution in [0, 0.1) is 0 Å². The van der Waals surface area contributed by atoms with E-state index in [0.29, 0.717) is 0 Å². The van der Waals surface area contributed by atoms with Crippen LogP contribution in [-0.4, -0.2) is 36.4 Å². The van der Waals surface area contributed by atoms with Gasteiger partial charge in [0.2, 0.25) is 0 Å². The third-order valence-corrected chi connectivity index (χ3v) is 2.41. The molecule has 1 aromatic heterocycles. The van der Waals surface area contributed by atoms with E-state index in [0.717, 1.165) is 24.9 Å². The van der Waals surface area contributed by atoms with Crippen molar-refractivity contribution in [2.75, 3.05) is 25.0 Å². The van der Waals surface area contributed by atoms with Crippen molar-refractivity contribution in [3.05, 3.63) is 18.3 Å². The molecule has 0 atom stereocenters. The number of hydrogen-bond donors (Lipinski definition) is 1. The summed E-state index contributed by atoms with van der Waals surface area (Å²) in [6, 6.07) is 4.67. The molecule has 0 saturated heterocycles. The Morgan fingerprint density at radius 1 is 1.57 bits per heavy atom. The first-order chi connectivity index (χ1) is 6.86. The van der Waals surface area contributed by atoms with Crippen molar-refractivity contribution in [2.24, 2.45) is 0 Å². The Hall–Kier alpha value is -1.16. The fourth-order valence-corrected chi connectivity index (χ4v) is 1.34. The second-order valence-electron chi connectivity index (χ2n) is 3.73. The van der Waals surface area contributed by atoms with Crippen molar-refractivity contribution in [1.82, 2.24) is 15.5 Å². The molecule has 14 heavy (non-hydrogen) atoms. The summed E-state index contributed by atoms with van der Waals surface area (Å²) in [4.78, 5) is 2.11. The van der Waals surface area contributed by atoms with E-state index in [-0.39, 0.29) is 0 Å². The summed E-state index contributed by atoms with van der Waals surface area (Å²) in [5.74, 6) is 0.935. The van der Waals surface area contributed by atoms with Crippen molar-refractivity contribution in [2.45, 2.75) is 18.9 Å². The van der Waals surface area contributed by atoms with Crippen molar-refractivity contribution in [3.8, 4) is 0 Å². The minimum Gasteiger partial charge on any atom is -0.357 e. The van der Waals surface area contributed by atoms with E-state index >= 15 is 0 Å². The molecular weight excluding hydrogens is 176 g/mol. The molecule has 4 nitrogen and oxygen atoms in total. The van der Waals surface area contributed by atoms with Crippen molar-refractivity contribution < 1.29 is 0 Å². The molecule has 76 valence electrons. The molecule has 2 rings (SSSR count). The van der Waals surface area contributed by atoms with Crippen molar-refractivity contribution >= 4 is 5.82 Å². The highest BCUT2D eigenvalue weighted by molar-refractivity contribution is 5.34. The maximum Gasteiger partial charge on any atom is 0.151 e. The molecule has 0 spiro atoms. The first kappa shape index (κ1) is 9.40. The molecule has 1 N–H and O–H groups in total. The van der Waals surface area contributed by atoms with Gasteiger partial charge in [0.15, 0.2) is 5.82 Å². The quantitative estimate of drug-likeness (QED) is 0.744. The molecule has 1 saturated carbocycles. The smallest absolute Gasteiger partial charge is 0.151 e. The Labute approximate surface area is 84.3 Å². The van der Waals surface area contributed by atoms with Gasteiger partial charge in [0, 0.05) is 32.4 Å². The Kier molecular flexibility index (Phi) is 2.93. The van der Waals surface area contributed by atoms with Crippen LogP contribution in [0.4, 0.5) is 5.82 Å². The molecule has 1 heterocycles. The summed E-state index contributed by atoms with van der Waals surface area (Å²) in [5.41, 5.74) is 0. The minimum absolute atomic E-state index is 0.783. The summed E-state index contributed by atoms with van der Waals surface area (Å²) >= 11 is 0. The van der Waals surface area contributed by atoms with Crippen LogP contribution in [0.1, 0.15) is 12.8 Å². The van der Waals surface area contributed by atoms with Gasteiger partial charge in [-0.15, -0.1) is 5.10 Å². The number of nitrogens with one attached hydrogen (secondary N) is 1. The van der Waals surface area contributed by atoms with Gasteiger partial charge in [0.1, 0.15) is 0 Å². The van der Waals surface area contributed by atoms with Crippen LogP contribution in [0.25, 0.3) is 0 Å². The number of likely N-dealkylation sites (N-methyl/N-ethyl adjacent to an activating group) is 1. The van der Waals surface area contributed by atoms with E-state index in [1.54, 1.807) is 6.20 Å². The molecule has 1 aromatic rings. The number of nitrogens with zero attached hydrogens (tertiary/aromatic N) is 3. The van der Waals surface area contributed by atoms with Gasteiger partial charge in [-0.3, -0.25) is 0 Å². The van der Waals surface area contributed by atoms with E-state index in [4.69, 9.17) is 0 Å². The highest BCUT2D eigenvalue weighted by atomic mass is 15.2. The molecule has 4 heteroatoms. The van der Waals surface area contributed by atoms with Gasteiger partial charge < -0.3 is 10.2 Å². The predicted octanol–water partition coefficient (Wildman–Crippen LogP) is 0.665. The van der Waals surface area contributed by atoms with Gasteiger partial charge in [-0.05, 0) is 25.0 Å². The fourth-order valence-electron chi connectivity index (χ4n) is 1.34. The molecule has 1 fully saturated rings. The lowest BCUT2D eigenvalue weighted by Gasteiger charge is -2.17. The standard InChI is InChI=1S/C10H16N4/c1-14(8-7-11-9-4-5-9)10-3-2-6-12-13-10/h2-3,6,9,11H,4-5,7-8H2,1H3. The normalized spacial score (nSPS) is 15.5. The topological polar surface area (TPSA) is 41.0 Å². The van der Waals surface area contributed by atoms with Crippen LogP contribution in [0.2, 0.25) is 0 Å². The van der Waals surface area contributed by atoms with E-state index < -0.39 is 0 Å². The number of aromatic nitrogens is 2. The molecule has 1 aliphatic rings. The van der Waals surface area contributed by atoms with Crippen molar-refractivity contribution in [3.63, 3.8) is 0 Å². The number of anilines is 1. The van der Waals surface area contributed by atoms with E-state index in [1.165, 1.54) is 12.8 Å². The Balaban J connectivity index is 1.74. The lowest BCUT2D eigenvalue weighted by molar-refractivity contribution is 0.671. The largest absolute Gasteiger partial charge is 0.357 e. The fraction of sp³-hybridized carbons (Fsp3) is 0.600. The molecule has 0 aromatic carbocycles. The van der Waals surface area contributed by atoms with E-state index in [2.05, 4.69) is 20.4 Å². The third kappa shape index (κ3) is 2.67. The van der Waals surface area contributed by atoms with Gasteiger partial charge in [-0.2, -0.15) is 5.10 Å². The van der Waals surface area contributed by atoms with Gasteiger partial charge in [-0.25, -0.2) is 0 Å². The van der Waals surface area contributed by atoms with Gasteiger partial charge >= 0.3 is 0 Å². The molecule has 1 aliphatic carbocycles. The zero-order chi connectivity index (χ0) is 9.80. The monoisotopic (exact) mass is 192 g/mol. The maximum atomic E-state index is 4.04. The number of rotatable bonds is 5. The van der Waals surface area contributed by atoms with Gasteiger partial charge in [0.25, 0.3) is 0 Å². The Morgan fingerprint density at radius 3 is 3.07 bits per heavy atom. The molecular formula is C10H16N4. The van der Waals surface area contributed by atoms with E-state index in [1.807, 2.05) is 19.2 Å². The molecule has 0 amide bonds. The summed E-state index contributed by atoms with van der Waals surface area (Å²) in [6.45, 7) is 2.01. The second kappa shape index (κ2) is 4.37. The van der Waals surface area contributed by atoms with Crippen LogP contribution >= 0.6 is 0 Å². The predicted molar refractivity (Wildman–Crippen MR) is 56.3 cm³/mol. The van der Waals surface area contributed by atoms with Crippen LogP contribution in [0.5, 0.6) is 0 Å². The highest BCUT2D eigenvalue weighted by Crippen LogP contribution is 2.18. The van der Waals surface area contributed by atoms with E-state index in [9.17, 15) is 0 Å². The third-order valence-electron chi connectivity index (χ3n) is 2.41. The molecule has 0 bridgehead atoms. The zero-order valence-electron chi connectivity index (χ0n) is 8.48. The lowest BCUT2D eigenvalue weighted by atomic mass is 10.4. The van der Waals surface area contributed by atoms with Crippen LogP contribution in [0.3, 0.4) is 0 Å². The Morgan fingerprint density at radius 2 is 2.43 bits per heavy atom. The summed E-state index contributed by atoms with van der Waals surface area (Å²) < 4.78 is 0. The highest BCUT2D eigenvalue weighted by Gasteiger charge is 2.19. The van der Waals surface area contributed by atoms with Crippen LogP contribution in [-0.2, 0) is 0 Å². The number of hydrogen-bond acceptors (Lipinski definition) is 4. The average molecular weight is 192 g/mol. The summed E-state index contributed by atoms with van der Waals surface area (Å²) in [7, 11) is 2.04.